The van der Waals surface area contributed by atoms with Crippen LogP contribution in [0.4, 0.5) is 0 Å². The number of piperidine rings is 1. The highest BCUT2D eigenvalue weighted by atomic mass is 35.5. The van der Waals surface area contributed by atoms with Crippen molar-refractivity contribution < 1.29 is 9.53 Å². The summed E-state index contributed by atoms with van der Waals surface area (Å²) in [7, 11) is 1.68. The SMILES string of the molecule is COc1ccc(CN(C(=O)CC(C)C2CCCNC2)C2CC2)cc1.Cl. The Labute approximate surface area is 157 Å². The number of nitrogens with one attached hydrogen (secondary N) is 1. The van der Waals surface area contributed by atoms with Gasteiger partial charge in [0.15, 0.2) is 0 Å². The molecule has 0 aromatic heterocycles. The first-order valence-corrected chi connectivity index (χ1v) is 9.30. The van der Waals surface area contributed by atoms with Crippen molar-refractivity contribution in [1.29, 1.82) is 0 Å². The van der Waals surface area contributed by atoms with Crippen molar-refractivity contribution in [3.8, 4) is 5.75 Å². The Morgan fingerprint density at radius 1 is 1.28 bits per heavy atom. The molecule has 2 aliphatic rings. The summed E-state index contributed by atoms with van der Waals surface area (Å²) in [6, 6.07) is 8.53. The molecule has 3 rings (SSSR count). The van der Waals surface area contributed by atoms with Crippen LogP contribution in [0.2, 0.25) is 0 Å². The summed E-state index contributed by atoms with van der Waals surface area (Å²) in [5, 5.41) is 3.47. The smallest absolute Gasteiger partial charge is 0.223 e. The minimum atomic E-state index is 0. The number of methoxy groups -OCH3 is 1. The van der Waals surface area contributed by atoms with E-state index in [1.807, 2.05) is 12.1 Å². The Hall–Kier alpha value is -1.26. The van der Waals surface area contributed by atoms with Gasteiger partial charge in [0.2, 0.25) is 5.91 Å². The molecule has 1 saturated heterocycles. The van der Waals surface area contributed by atoms with Crippen LogP contribution in [0.5, 0.6) is 5.75 Å². The molecule has 2 fully saturated rings. The van der Waals surface area contributed by atoms with E-state index in [1.165, 1.54) is 18.4 Å². The predicted molar refractivity (Wildman–Crippen MR) is 103 cm³/mol. The van der Waals surface area contributed by atoms with Gasteiger partial charge in [-0.05, 0) is 68.3 Å². The second-order valence-corrected chi connectivity index (χ2v) is 7.39. The highest BCUT2D eigenvalue weighted by molar-refractivity contribution is 5.85. The number of hydrogen-bond donors (Lipinski definition) is 1. The van der Waals surface area contributed by atoms with Crippen molar-refractivity contribution >= 4 is 18.3 Å². The fourth-order valence-corrected chi connectivity index (χ4v) is 3.66. The highest BCUT2D eigenvalue weighted by Gasteiger charge is 2.34. The Morgan fingerprint density at radius 3 is 2.56 bits per heavy atom. The normalized spacial score (nSPS) is 21.1. The molecule has 1 aromatic carbocycles. The molecular formula is C20H31ClN2O2. The first kappa shape index (κ1) is 20.1. The van der Waals surface area contributed by atoms with Crippen LogP contribution in [0.25, 0.3) is 0 Å². The number of ether oxygens (including phenoxy) is 1. The van der Waals surface area contributed by atoms with Crippen LogP contribution < -0.4 is 10.1 Å². The van der Waals surface area contributed by atoms with Gasteiger partial charge in [-0.1, -0.05) is 19.1 Å². The standard InChI is InChI=1S/C20H30N2O2.ClH/c1-15(17-4-3-11-21-13-17)12-20(23)22(18-7-8-18)14-16-5-9-19(24-2)10-6-16;/h5-6,9-10,15,17-18,21H,3-4,7-8,11-14H2,1-2H3;1H. The molecule has 0 radical (unpaired) electrons. The summed E-state index contributed by atoms with van der Waals surface area (Å²) in [6.45, 7) is 5.16. The van der Waals surface area contributed by atoms with Gasteiger partial charge in [0.05, 0.1) is 7.11 Å². The summed E-state index contributed by atoms with van der Waals surface area (Å²) in [6.07, 6.45) is 5.48. The van der Waals surface area contributed by atoms with E-state index in [-0.39, 0.29) is 12.4 Å². The number of carbonyl (C=O) groups is 1. The van der Waals surface area contributed by atoms with Crippen molar-refractivity contribution in [3.05, 3.63) is 29.8 Å². The number of carbonyl (C=O) groups excluding carboxylic acids is 1. The molecule has 140 valence electrons. The van der Waals surface area contributed by atoms with Crippen LogP contribution in [0.15, 0.2) is 24.3 Å². The van der Waals surface area contributed by atoms with Crippen LogP contribution in [-0.2, 0) is 11.3 Å². The fourth-order valence-electron chi connectivity index (χ4n) is 3.66. The third-order valence-corrected chi connectivity index (χ3v) is 5.46. The van der Waals surface area contributed by atoms with E-state index in [0.717, 1.165) is 38.2 Å². The average molecular weight is 367 g/mol. The highest BCUT2D eigenvalue weighted by Crippen LogP contribution is 2.31. The summed E-state index contributed by atoms with van der Waals surface area (Å²) in [5.74, 6) is 2.29. The van der Waals surface area contributed by atoms with Gasteiger partial charge in [-0.3, -0.25) is 4.79 Å². The molecule has 2 unspecified atom stereocenters. The third kappa shape index (κ3) is 5.61. The Bertz CT molecular complexity index is 539. The lowest BCUT2D eigenvalue weighted by molar-refractivity contribution is -0.133. The molecule has 1 aromatic rings. The van der Waals surface area contributed by atoms with E-state index in [4.69, 9.17) is 4.74 Å². The predicted octanol–water partition coefficient (Wildman–Crippen LogP) is 3.63. The van der Waals surface area contributed by atoms with Crippen molar-refractivity contribution in [3.63, 3.8) is 0 Å². The zero-order valence-electron chi connectivity index (χ0n) is 15.4. The molecule has 0 bridgehead atoms. The molecular weight excluding hydrogens is 336 g/mol. The monoisotopic (exact) mass is 366 g/mol. The molecule has 1 amide bonds. The maximum Gasteiger partial charge on any atom is 0.223 e. The van der Waals surface area contributed by atoms with Crippen molar-refractivity contribution in [2.45, 2.75) is 51.6 Å². The Morgan fingerprint density at radius 2 is 2.00 bits per heavy atom. The van der Waals surface area contributed by atoms with Crippen LogP contribution in [0, 0.1) is 11.8 Å². The minimum absolute atomic E-state index is 0. The first-order chi connectivity index (χ1) is 11.7. The number of benzene rings is 1. The van der Waals surface area contributed by atoms with Gasteiger partial charge in [0.25, 0.3) is 0 Å². The first-order valence-electron chi connectivity index (χ1n) is 9.30. The number of nitrogens with zero attached hydrogens (tertiary/aromatic N) is 1. The van der Waals surface area contributed by atoms with Gasteiger partial charge in [0, 0.05) is 19.0 Å². The van der Waals surface area contributed by atoms with E-state index >= 15 is 0 Å². The van der Waals surface area contributed by atoms with E-state index < -0.39 is 0 Å². The molecule has 1 N–H and O–H groups in total. The van der Waals surface area contributed by atoms with E-state index in [9.17, 15) is 4.79 Å². The topological polar surface area (TPSA) is 41.6 Å². The molecule has 1 heterocycles. The number of amides is 1. The van der Waals surface area contributed by atoms with Crippen molar-refractivity contribution in [2.75, 3.05) is 20.2 Å². The quantitative estimate of drug-likeness (QED) is 0.801. The van der Waals surface area contributed by atoms with Crippen molar-refractivity contribution in [1.82, 2.24) is 10.2 Å². The van der Waals surface area contributed by atoms with Gasteiger partial charge in [-0.15, -0.1) is 12.4 Å². The maximum absolute atomic E-state index is 12.9. The second-order valence-electron chi connectivity index (χ2n) is 7.39. The molecule has 0 spiro atoms. The van der Waals surface area contributed by atoms with Gasteiger partial charge < -0.3 is 15.0 Å². The van der Waals surface area contributed by atoms with Crippen LogP contribution in [-0.4, -0.2) is 37.0 Å². The van der Waals surface area contributed by atoms with Crippen LogP contribution in [0.3, 0.4) is 0 Å². The molecule has 5 heteroatoms. The lowest BCUT2D eigenvalue weighted by Crippen LogP contribution is -2.37. The molecule has 1 aliphatic heterocycles. The van der Waals surface area contributed by atoms with Gasteiger partial charge in [0.1, 0.15) is 5.75 Å². The lowest BCUT2D eigenvalue weighted by Gasteiger charge is -2.30. The molecule has 1 aliphatic carbocycles. The maximum atomic E-state index is 12.9. The summed E-state index contributed by atoms with van der Waals surface area (Å²) >= 11 is 0. The van der Waals surface area contributed by atoms with E-state index in [0.29, 0.717) is 30.2 Å². The van der Waals surface area contributed by atoms with Crippen LogP contribution >= 0.6 is 12.4 Å². The average Bonchev–Trinajstić information content (AvgIpc) is 3.45. The molecule has 4 nitrogen and oxygen atoms in total. The number of hydrogen-bond acceptors (Lipinski definition) is 3. The second kappa shape index (κ2) is 9.44. The summed E-state index contributed by atoms with van der Waals surface area (Å²) < 4.78 is 5.21. The van der Waals surface area contributed by atoms with E-state index in [2.05, 4.69) is 29.3 Å². The number of halogens is 1. The zero-order valence-corrected chi connectivity index (χ0v) is 16.2. The number of rotatable bonds is 7. The zero-order chi connectivity index (χ0) is 16.9. The van der Waals surface area contributed by atoms with Gasteiger partial charge in [-0.25, -0.2) is 0 Å². The third-order valence-electron chi connectivity index (χ3n) is 5.46. The van der Waals surface area contributed by atoms with Crippen molar-refractivity contribution in [2.24, 2.45) is 11.8 Å². The lowest BCUT2D eigenvalue weighted by atomic mass is 9.85. The van der Waals surface area contributed by atoms with Crippen LogP contribution in [0.1, 0.15) is 44.6 Å². The van der Waals surface area contributed by atoms with E-state index in [1.54, 1.807) is 7.11 Å². The Kier molecular flexibility index (Phi) is 7.57. The largest absolute Gasteiger partial charge is 0.497 e. The molecule has 1 saturated carbocycles. The molecule has 25 heavy (non-hydrogen) atoms. The summed E-state index contributed by atoms with van der Waals surface area (Å²) in [5.41, 5.74) is 1.18. The Balaban J connectivity index is 0.00000225. The fraction of sp³-hybridized carbons (Fsp3) is 0.650. The minimum Gasteiger partial charge on any atom is -0.497 e. The van der Waals surface area contributed by atoms with Gasteiger partial charge >= 0.3 is 0 Å². The molecule has 2 atom stereocenters. The summed E-state index contributed by atoms with van der Waals surface area (Å²) in [4.78, 5) is 15.0. The van der Waals surface area contributed by atoms with Gasteiger partial charge in [-0.2, -0.15) is 0 Å².